The Balaban J connectivity index is 1.99. The number of ether oxygens (including phenoxy) is 2. The molecule has 4 unspecified atom stereocenters. The number of carbonyl (C=O) groups excluding carboxylic acids is 1. The van der Waals surface area contributed by atoms with Crippen molar-refractivity contribution in [2.45, 2.75) is 24.5 Å². The van der Waals surface area contributed by atoms with Crippen molar-refractivity contribution in [2.75, 3.05) is 46.2 Å². The molecule has 1 fully saturated rings. The van der Waals surface area contributed by atoms with Gasteiger partial charge >= 0.3 is 11.8 Å². The Hall–Kier alpha value is -2.05. The summed E-state index contributed by atoms with van der Waals surface area (Å²) in [6.45, 7) is 0.318. The maximum absolute atomic E-state index is 12.1. The molecule has 0 spiro atoms. The molecule has 0 bridgehead atoms. The quantitative estimate of drug-likeness (QED) is 0.424. The van der Waals surface area contributed by atoms with E-state index in [0.29, 0.717) is 11.0 Å². The monoisotopic (exact) mass is 373 g/mol. The van der Waals surface area contributed by atoms with E-state index in [1.54, 1.807) is 0 Å². The average Bonchev–Trinajstić information content (AvgIpc) is 2.82. The molecule has 0 radical (unpaired) electrons. The first-order valence-corrected chi connectivity index (χ1v) is 8.08. The van der Waals surface area contributed by atoms with Crippen molar-refractivity contribution in [1.29, 1.82) is 0 Å². The van der Waals surface area contributed by atoms with Crippen LogP contribution in [-0.4, -0.2) is 94.7 Å². The minimum atomic E-state index is -1.40. The Morgan fingerprint density at radius 1 is 1.38 bits per heavy atom. The summed E-state index contributed by atoms with van der Waals surface area (Å²) in [5, 5.41) is 31.1. The van der Waals surface area contributed by atoms with E-state index in [0.717, 1.165) is 4.57 Å². The third kappa shape index (κ3) is 4.99. The Bertz CT molecular complexity index is 687. The molecule has 0 saturated carbocycles. The first-order chi connectivity index (χ1) is 12.1. The number of aromatic nitrogens is 2. The molecular formula is C15H25N4O7+. The summed E-state index contributed by atoms with van der Waals surface area (Å²) >= 11 is 0. The van der Waals surface area contributed by atoms with Gasteiger partial charge in [-0.1, -0.05) is 0 Å². The van der Waals surface area contributed by atoms with Crippen LogP contribution in [0, 0.1) is 0 Å². The molecule has 1 aliphatic heterocycles. The standard InChI is InChI=1S/C15H24N4O7/c1-19(2,3)6-7-25-15(24)17-10-4-5-18(14(23)16-10)13-12(22)11(21)9(8-20)26-13/h4-5,9,11-13,20-22H,6-8H2,1-3H3/p+1. The van der Waals surface area contributed by atoms with Gasteiger partial charge in [0, 0.05) is 6.20 Å². The summed E-state index contributed by atoms with van der Waals surface area (Å²) < 4.78 is 11.9. The maximum Gasteiger partial charge on any atom is 0.413 e. The van der Waals surface area contributed by atoms with E-state index in [1.165, 1.54) is 12.3 Å². The topological polar surface area (TPSA) is 143 Å². The van der Waals surface area contributed by atoms with Crippen LogP contribution in [0.5, 0.6) is 0 Å². The smallest absolute Gasteiger partial charge is 0.413 e. The lowest BCUT2D eigenvalue weighted by atomic mass is 10.1. The fourth-order valence-electron chi connectivity index (χ4n) is 2.34. The predicted octanol–water partition coefficient (Wildman–Crippen LogP) is -1.89. The van der Waals surface area contributed by atoms with Crippen molar-refractivity contribution in [3.63, 3.8) is 0 Å². The highest BCUT2D eigenvalue weighted by Crippen LogP contribution is 2.28. The molecule has 4 atom stereocenters. The number of hydrogen-bond donors (Lipinski definition) is 4. The van der Waals surface area contributed by atoms with Gasteiger partial charge in [-0.2, -0.15) is 4.98 Å². The van der Waals surface area contributed by atoms with Gasteiger partial charge < -0.3 is 29.3 Å². The lowest BCUT2D eigenvalue weighted by molar-refractivity contribution is -0.870. The van der Waals surface area contributed by atoms with Crippen molar-refractivity contribution in [3.8, 4) is 0 Å². The van der Waals surface area contributed by atoms with Gasteiger partial charge in [0.1, 0.15) is 37.3 Å². The lowest BCUT2D eigenvalue weighted by Gasteiger charge is -2.23. The number of anilines is 1. The van der Waals surface area contributed by atoms with Crippen molar-refractivity contribution < 1.29 is 34.1 Å². The molecule has 146 valence electrons. The zero-order valence-electron chi connectivity index (χ0n) is 14.9. The van der Waals surface area contributed by atoms with E-state index >= 15 is 0 Å². The molecule has 1 aromatic heterocycles. The van der Waals surface area contributed by atoms with E-state index in [9.17, 15) is 19.8 Å². The normalized spacial score (nSPS) is 25.9. The van der Waals surface area contributed by atoms with E-state index in [1.807, 2.05) is 21.1 Å². The van der Waals surface area contributed by atoms with Crippen molar-refractivity contribution in [3.05, 3.63) is 22.7 Å². The molecule has 26 heavy (non-hydrogen) atoms. The largest absolute Gasteiger partial charge is 0.443 e. The Morgan fingerprint density at radius 3 is 2.62 bits per heavy atom. The highest BCUT2D eigenvalue weighted by molar-refractivity contribution is 5.83. The van der Waals surface area contributed by atoms with E-state index in [4.69, 9.17) is 14.6 Å². The van der Waals surface area contributed by atoms with Gasteiger partial charge in [0.2, 0.25) is 0 Å². The van der Waals surface area contributed by atoms with Crippen LogP contribution in [0.1, 0.15) is 6.23 Å². The molecule has 1 amide bonds. The van der Waals surface area contributed by atoms with Gasteiger partial charge in [-0.3, -0.25) is 9.88 Å². The summed E-state index contributed by atoms with van der Waals surface area (Å²) in [6, 6.07) is 1.33. The molecule has 11 heteroatoms. The highest BCUT2D eigenvalue weighted by atomic mass is 16.6. The van der Waals surface area contributed by atoms with Gasteiger partial charge in [-0.15, -0.1) is 0 Å². The Labute approximate surface area is 150 Å². The molecule has 1 aromatic rings. The number of rotatable bonds is 6. The van der Waals surface area contributed by atoms with Gasteiger partial charge in [-0.05, 0) is 6.07 Å². The molecule has 1 saturated heterocycles. The summed E-state index contributed by atoms with van der Waals surface area (Å²) in [7, 11) is 5.88. The van der Waals surface area contributed by atoms with Crippen LogP contribution in [0.25, 0.3) is 0 Å². The van der Waals surface area contributed by atoms with Crippen molar-refractivity contribution in [1.82, 2.24) is 9.55 Å². The Morgan fingerprint density at radius 2 is 2.08 bits per heavy atom. The lowest BCUT2D eigenvalue weighted by Crippen LogP contribution is -2.38. The second-order valence-electron chi connectivity index (χ2n) is 7.01. The van der Waals surface area contributed by atoms with Crippen LogP contribution in [0.4, 0.5) is 10.6 Å². The third-order valence-corrected chi connectivity index (χ3v) is 3.85. The van der Waals surface area contributed by atoms with Gasteiger partial charge in [-0.25, -0.2) is 9.59 Å². The molecule has 0 aliphatic carbocycles. The Kier molecular flexibility index (Phi) is 6.31. The van der Waals surface area contributed by atoms with Gasteiger partial charge in [0.25, 0.3) is 0 Å². The maximum atomic E-state index is 12.1. The average molecular weight is 373 g/mol. The number of nitrogens with zero attached hydrogens (tertiary/aromatic N) is 3. The molecule has 4 N–H and O–H groups in total. The van der Waals surface area contributed by atoms with Crippen molar-refractivity contribution >= 4 is 11.9 Å². The number of aliphatic hydroxyl groups is 3. The number of nitrogens with one attached hydrogen (secondary N) is 1. The summed E-state index contributed by atoms with van der Waals surface area (Å²) in [6.07, 6.45) is -4.39. The fourth-order valence-corrected chi connectivity index (χ4v) is 2.34. The summed E-state index contributed by atoms with van der Waals surface area (Å²) in [4.78, 5) is 27.5. The predicted molar refractivity (Wildman–Crippen MR) is 89.4 cm³/mol. The van der Waals surface area contributed by atoms with E-state index < -0.39 is 42.9 Å². The SMILES string of the molecule is C[N+](C)(C)CCOC(=O)Nc1ccn(C2OC(CO)C(O)C2O)c(=O)n1. The van der Waals surface area contributed by atoms with Crippen LogP contribution in [0.3, 0.4) is 0 Å². The number of aliphatic hydroxyl groups excluding tert-OH is 3. The molecule has 2 rings (SSSR count). The summed E-state index contributed by atoms with van der Waals surface area (Å²) in [5.74, 6) is -0.0201. The number of likely N-dealkylation sites (N-methyl/N-ethyl adjacent to an activating group) is 1. The number of quaternary nitrogens is 1. The number of hydrogen-bond acceptors (Lipinski definition) is 8. The van der Waals surface area contributed by atoms with Crippen LogP contribution in [0.15, 0.2) is 17.1 Å². The third-order valence-electron chi connectivity index (χ3n) is 3.85. The van der Waals surface area contributed by atoms with Crippen molar-refractivity contribution in [2.24, 2.45) is 0 Å². The minimum absolute atomic E-state index is 0.0201. The molecule has 11 nitrogen and oxygen atoms in total. The zero-order valence-corrected chi connectivity index (χ0v) is 14.9. The molecule has 2 heterocycles. The highest BCUT2D eigenvalue weighted by Gasteiger charge is 2.43. The first kappa shape index (κ1) is 20.3. The van der Waals surface area contributed by atoms with Gasteiger partial charge in [0.15, 0.2) is 6.23 Å². The molecule has 1 aliphatic rings. The second-order valence-corrected chi connectivity index (χ2v) is 7.01. The molecular weight excluding hydrogens is 348 g/mol. The zero-order chi connectivity index (χ0) is 19.5. The van der Waals surface area contributed by atoms with E-state index in [-0.39, 0.29) is 12.4 Å². The number of carbonyl (C=O) groups is 1. The molecule has 0 aromatic carbocycles. The second kappa shape index (κ2) is 8.10. The van der Waals surface area contributed by atoms with Crippen LogP contribution in [0.2, 0.25) is 0 Å². The van der Waals surface area contributed by atoms with Crippen LogP contribution in [-0.2, 0) is 9.47 Å². The van der Waals surface area contributed by atoms with E-state index in [2.05, 4.69) is 10.3 Å². The summed E-state index contributed by atoms with van der Waals surface area (Å²) in [5.41, 5.74) is -0.802. The fraction of sp³-hybridized carbons (Fsp3) is 0.667. The van der Waals surface area contributed by atoms with Gasteiger partial charge in [0.05, 0.1) is 27.7 Å². The van der Waals surface area contributed by atoms with Crippen LogP contribution >= 0.6 is 0 Å². The first-order valence-electron chi connectivity index (χ1n) is 8.08. The van der Waals surface area contributed by atoms with Crippen LogP contribution < -0.4 is 11.0 Å². The minimum Gasteiger partial charge on any atom is -0.443 e. The number of amides is 1.